The highest BCUT2D eigenvalue weighted by atomic mass is 32.2. The summed E-state index contributed by atoms with van der Waals surface area (Å²) in [6.45, 7) is 3.14. The fraction of sp³-hybridized carbons (Fsp3) is 0.538. The fourth-order valence-corrected chi connectivity index (χ4v) is 2.85. The molecule has 0 aliphatic rings. The first-order chi connectivity index (χ1) is 8.97. The Morgan fingerprint density at radius 2 is 1.89 bits per heavy atom. The van der Waals surface area contributed by atoms with Gasteiger partial charge in [0.05, 0.1) is 0 Å². The largest absolute Gasteiger partial charge is 0.320 e. The van der Waals surface area contributed by atoms with E-state index < -0.39 is 10.2 Å². The number of nitrogens with zero attached hydrogens (tertiary/aromatic N) is 1. The molecule has 5 nitrogen and oxygen atoms in total. The molecule has 0 aromatic heterocycles. The second-order valence-electron chi connectivity index (χ2n) is 4.53. The molecule has 0 radical (unpaired) electrons. The SMILES string of the molecule is CNCCCN(C)S(=O)(=O)NC(C)c1ccccc1. The molecular formula is C13H23N3O2S. The Morgan fingerprint density at radius 1 is 1.26 bits per heavy atom. The summed E-state index contributed by atoms with van der Waals surface area (Å²) in [6.07, 6.45) is 0.785. The molecule has 0 aliphatic heterocycles. The third kappa shape index (κ3) is 5.28. The predicted octanol–water partition coefficient (Wildman–Crippen LogP) is 1.12. The van der Waals surface area contributed by atoms with Gasteiger partial charge in [-0.15, -0.1) is 0 Å². The van der Waals surface area contributed by atoms with Crippen LogP contribution in [0.1, 0.15) is 24.9 Å². The van der Waals surface area contributed by atoms with Gasteiger partial charge in [0.15, 0.2) is 0 Å². The molecule has 0 saturated carbocycles. The molecule has 0 spiro atoms. The van der Waals surface area contributed by atoms with Crippen LogP contribution in [0.4, 0.5) is 0 Å². The third-order valence-electron chi connectivity index (χ3n) is 2.94. The van der Waals surface area contributed by atoms with Gasteiger partial charge in [-0.05, 0) is 32.5 Å². The van der Waals surface area contributed by atoms with E-state index in [1.807, 2.05) is 44.3 Å². The molecule has 1 unspecified atom stereocenters. The predicted molar refractivity (Wildman–Crippen MR) is 78.1 cm³/mol. The number of rotatable bonds is 8. The average molecular weight is 285 g/mol. The van der Waals surface area contributed by atoms with Gasteiger partial charge in [-0.3, -0.25) is 0 Å². The summed E-state index contributed by atoms with van der Waals surface area (Å²) >= 11 is 0. The van der Waals surface area contributed by atoms with Crippen LogP contribution in [0.2, 0.25) is 0 Å². The van der Waals surface area contributed by atoms with E-state index in [1.54, 1.807) is 7.05 Å². The molecule has 1 atom stereocenters. The van der Waals surface area contributed by atoms with E-state index in [0.29, 0.717) is 6.54 Å². The molecule has 0 fully saturated rings. The molecule has 1 aromatic carbocycles. The maximum Gasteiger partial charge on any atom is 0.279 e. The molecule has 0 bridgehead atoms. The summed E-state index contributed by atoms with van der Waals surface area (Å²) in [5.41, 5.74) is 0.953. The fourth-order valence-electron chi connectivity index (χ4n) is 1.72. The van der Waals surface area contributed by atoms with Crippen molar-refractivity contribution in [3.05, 3.63) is 35.9 Å². The van der Waals surface area contributed by atoms with Crippen LogP contribution in [-0.2, 0) is 10.2 Å². The van der Waals surface area contributed by atoms with Crippen molar-refractivity contribution in [2.24, 2.45) is 0 Å². The van der Waals surface area contributed by atoms with Crippen molar-refractivity contribution in [2.45, 2.75) is 19.4 Å². The minimum atomic E-state index is -3.43. The van der Waals surface area contributed by atoms with Crippen molar-refractivity contribution in [3.8, 4) is 0 Å². The van der Waals surface area contributed by atoms with Crippen molar-refractivity contribution in [1.29, 1.82) is 0 Å². The molecule has 0 saturated heterocycles. The smallest absolute Gasteiger partial charge is 0.279 e. The first-order valence-corrected chi connectivity index (χ1v) is 7.84. The molecule has 6 heteroatoms. The van der Waals surface area contributed by atoms with Gasteiger partial charge >= 0.3 is 0 Å². The molecule has 1 aromatic rings. The molecule has 0 aliphatic carbocycles. The molecule has 0 amide bonds. The highest BCUT2D eigenvalue weighted by molar-refractivity contribution is 7.87. The van der Waals surface area contributed by atoms with E-state index in [9.17, 15) is 8.42 Å². The summed E-state index contributed by atoms with van der Waals surface area (Å²) in [5.74, 6) is 0. The van der Waals surface area contributed by atoms with E-state index in [4.69, 9.17) is 0 Å². The van der Waals surface area contributed by atoms with Crippen molar-refractivity contribution < 1.29 is 8.42 Å². The highest BCUT2D eigenvalue weighted by Crippen LogP contribution is 2.13. The second-order valence-corrected chi connectivity index (χ2v) is 6.34. The van der Waals surface area contributed by atoms with E-state index in [1.165, 1.54) is 4.31 Å². The van der Waals surface area contributed by atoms with Crippen LogP contribution >= 0.6 is 0 Å². The first kappa shape index (κ1) is 16.1. The Morgan fingerprint density at radius 3 is 2.47 bits per heavy atom. The zero-order valence-electron chi connectivity index (χ0n) is 11.8. The standard InChI is InChI=1S/C13H23N3O2S/c1-12(13-8-5-4-6-9-13)15-19(17,18)16(3)11-7-10-14-2/h4-6,8-9,12,14-15H,7,10-11H2,1-3H3. The Bertz CT molecular complexity index is 462. The molecular weight excluding hydrogens is 262 g/mol. The van der Waals surface area contributed by atoms with E-state index in [2.05, 4.69) is 10.0 Å². The zero-order chi connectivity index (χ0) is 14.3. The van der Waals surface area contributed by atoms with Crippen LogP contribution in [-0.4, -0.2) is 39.9 Å². The Labute approximate surface area is 116 Å². The lowest BCUT2D eigenvalue weighted by molar-refractivity contribution is 0.441. The first-order valence-electron chi connectivity index (χ1n) is 6.40. The third-order valence-corrected chi connectivity index (χ3v) is 4.59. The number of hydrogen-bond donors (Lipinski definition) is 2. The lowest BCUT2D eigenvalue weighted by Crippen LogP contribution is -2.40. The van der Waals surface area contributed by atoms with Crippen molar-refractivity contribution in [1.82, 2.24) is 14.3 Å². The van der Waals surface area contributed by atoms with Crippen molar-refractivity contribution in [2.75, 3.05) is 27.2 Å². The topological polar surface area (TPSA) is 61.4 Å². The van der Waals surface area contributed by atoms with Crippen LogP contribution in [0, 0.1) is 0 Å². The minimum absolute atomic E-state index is 0.238. The Kier molecular flexibility index (Phi) is 6.44. The summed E-state index contributed by atoms with van der Waals surface area (Å²) in [7, 11) is 0.0118. The highest BCUT2D eigenvalue weighted by Gasteiger charge is 2.20. The summed E-state index contributed by atoms with van der Waals surface area (Å²) in [4.78, 5) is 0. The van der Waals surface area contributed by atoms with Crippen LogP contribution in [0.3, 0.4) is 0 Å². The minimum Gasteiger partial charge on any atom is -0.320 e. The quantitative estimate of drug-likeness (QED) is 0.704. The zero-order valence-corrected chi connectivity index (χ0v) is 12.6. The van der Waals surface area contributed by atoms with Gasteiger partial charge < -0.3 is 5.32 Å². The number of benzene rings is 1. The number of hydrogen-bond acceptors (Lipinski definition) is 3. The van der Waals surface area contributed by atoms with Gasteiger partial charge in [0.25, 0.3) is 10.2 Å². The van der Waals surface area contributed by atoms with Crippen LogP contribution in [0.15, 0.2) is 30.3 Å². The molecule has 108 valence electrons. The maximum atomic E-state index is 12.1. The monoisotopic (exact) mass is 285 g/mol. The molecule has 2 N–H and O–H groups in total. The molecule has 19 heavy (non-hydrogen) atoms. The van der Waals surface area contributed by atoms with E-state index >= 15 is 0 Å². The van der Waals surface area contributed by atoms with Gasteiger partial charge in [0.1, 0.15) is 0 Å². The summed E-state index contributed by atoms with van der Waals surface area (Å²) < 4.78 is 28.2. The van der Waals surface area contributed by atoms with Gasteiger partial charge in [-0.25, -0.2) is 0 Å². The van der Waals surface area contributed by atoms with E-state index in [0.717, 1.165) is 18.5 Å². The molecule has 1 rings (SSSR count). The van der Waals surface area contributed by atoms with Gasteiger partial charge in [-0.2, -0.15) is 17.4 Å². The second kappa shape index (κ2) is 7.59. The lowest BCUT2D eigenvalue weighted by Gasteiger charge is -2.21. The van der Waals surface area contributed by atoms with E-state index in [-0.39, 0.29) is 6.04 Å². The van der Waals surface area contributed by atoms with Crippen LogP contribution in [0.25, 0.3) is 0 Å². The van der Waals surface area contributed by atoms with Crippen molar-refractivity contribution >= 4 is 10.2 Å². The Balaban J connectivity index is 2.59. The van der Waals surface area contributed by atoms with Gasteiger partial charge in [-0.1, -0.05) is 30.3 Å². The van der Waals surface area contributed by atoms with Gasteiger partial charge in [0.2, 0.25) is 0 Å². The lowest BCUT2D eigenvalue weighted by atomic mass is 10.1. The van der Waals surface area contributed by atoms with Crippen LogP contribution < -0.4 is 10.0 Å². The normalized spacial score (nSPS) is 13.7. The maximum absolute atomic E-state index is 12.1. The summed E-state index contributed by atoms with van der Waals surface area (Å²) in [6, 6.07) is 9.29. The number of nitrogens with one attached hydrogen (secondary N) is 2. The molecule has 0 heterocycles. The van der Waals surface area contributed by atoms with Gasteiger partial charge in [0, 0.05) is 19.6 Å². The Hall–Kier alpha value is -0.950. The van der Waals surface area contributed by atoms with Crippen molar-refractivity contribution in [3.63, 3.8) is 0 Å². The van der Waals surface area contributed by atoms with Crippen LogP contribution in [0.5, 0.6) is 0 Å². The summed E-state index contributed by atoms with van der Waals surface area (Å²) in [5, 5.41) is 3.00. The average Bonchev–Trinajstić information content (AvgIpc) is 2.39.